The summed E-state index contributed by atoms with van der Waals surface area (Å²) in [6.45, 7) is 6.94. The third-order valence-corrected chi connectivity index (χ3v) is 4.56. The summed E-state index contributed by atoms with van der Waals surface area (Å²) < 4.78 is 0. The molecule has 0 radical (unpaired) electrons. The van der Waals surface area contributed by atoms with Gasteiger partial charge in [-0.1, -0.05) is 48.8 Å². The molecule has 0 fully saturated rings. The van der Waals surface area contributed by atoms with Crippen LogP contribution in [-0.4, -0.2) is 11.5 Å². The average molecular weight is 192 g/mol. The third-order valence-electron chi connectivity index (χ3n) is 2.00. The zero-order chi connectivity index (χ0) is 8.69. The van der Waals surface area contributed by atoms with E-state index in [9.17, 15) is 0 Å². The van der Waals surface area contributed by atoms with Gasteiger partial charge in [0.25, 0.3) is 0 Å². The van der Waals surface area contributed by atoms with E-state index in [1.54, 1.807) is 0 Å². The van der Waals surface area contributed by atoms with Gasteiger partial charge < -0.3 is 0 Å². The summed E-state index contributed by atoms with van der Waals surface area (Å²) in [5.41, 5.74) is 0. The van der Waals surface area contributed by atoms with E-state index in [-0.39, 0.29) is 0 Å². The Morgan fingerprint density at radius 2 is 1.91 bits per heavy atom. The highest BCUT2D eigenvalue weighted by Gasteiger charge is 2.14. The van der Waals surface area contributed by atoms with E-state index < -0.39 is 0 Å². The van der Waals surface area contributed by atoms with Crippen molar-refractivity contribution in [1.29, 1.82) is 0 Å². The maximum absolute atomic E-state index is 2.38. The van der Waals surface area contributed by atoms with Gasteiger partial charge in [-0.15, -0.1) is 0 Å². The van der Waals surface area contributed by atoms with Crippen molar-refractivity contribution in [2.45, 2.75) is 45.3 Å². The highest BCUT2D eigenvalue weighted by Crippen LogP contribution is 2.32. The van der Waals surface area contributed by atoms with Crippen LogP contribution in [0.4, 0.5) is 0 Å². The fourth-order valence-corrected chi connectivity index (χ4v) is 3.76. The summed E-state index contributed by atoms with van der Waals surface area (Å²) in [4.78, 5) is 0. The first-order valence-electron chi connectivity index (χ1n) is 4.45. The highest BCUT2D eigenvalue weighted by molar-refractivity contribution is 8.76. The summed E-state index contributed by atoms with van der Waals surface area (Å²) in [5, 5.41) is 0.866. The molecule has 68 valence electrons. The molecular formula is C9H20S2. The van der Waals surface area contributed by atoms with Crippen LogP contribution >= 0.6 is 21.6 Å². The van der Waals surface area contributed by atoms with Crippen molar-refractivity contribution in [1.82, 2.24) is 0 Å². The first kappa shape index (κ1) is 11.7. The minimum absolute atomic E-state index is 0.866. The molecule has 0 aromatic carbocycles. The summed E-state index contributed by atoms with van der Waals surface area (Å²) in [6, 6.07) is 0. The minimum atomic E-state index is 0.866. The fraction of sp³-hybridized carbons (Fsp3) is 1.00. The van der Waals surface area contributed by atoms with E-state index in [1.165, 1.54) is 19.3 Å². The quantitative estimate of drug-likeness (QED) is 0.578. The Morgan fingerprint density at radius 1 is 1.27 bits per heavy atom. The molecule has 0 aromatic rings. The number of rotatable bonds is 6. The SMILES string of the molecule is CCCC(C)[C@@H](CC)SSC. The van der Waals surface area contributed by atoms with E-state index >= 15 is 0 Å². The Kier molecular flexibility index (Phi) is 7.82. The predicted molar refractivity (Wildman–Crippen MR) is 59.3 cm³/mol. The van der Waals surface area contributed by atoms with E-state index in [0.29, 0.717) is 0 Å². The van der Waals surface area contributed by atoms with E-state index in [0.717, 1.165) is 11.2 Å². The average Bonchev–Trinajstić information content (AvgIpc) is 2.00. The van der Waals surface area contributed by atoms with Crippen LogP contribution in [0.2, 0.25) is 0 Å². The van der Waals surface area contributed by atoms with Gasteiger partial charge in [0.15, 0.2) is 0 Å². The third kappa shape index (κ3) is 5.02. The van der Waals surface area contributed by atoms with Crippen molar-refractivity contribution in [2.24, 2.45) is 5.92 Å². The molecule has 0 heterocycles. The van der Waals surface area contributed by atoms with E-state index in [1.807, 2.05) is 21.6 Å². The van der Waals surface area contributed by atoms with Gasteiger partial charge in [0.2, 0.25) is 0 Å². The summed E-state index contributed by atoms with van der Waals surface area (Å²) in [5.74, 6) is 0.891. The second-order valence-corrected chi connectivity index (χ2v) is 5.68. The largest absolute Gasteiger partial charge is 0.0973 e. The van der Waals surface area contributed by atoms with E-state index in [2.05, 4.69) is 27.0 Å². The Hall–Kier alpha value is 0.700. The van der Waals surface area contributed by atoms with Crippen LogP contribution in [0.3, 0.4) is 0 Å². The van der Waals surface area contributed by atoms with Gasteiger partial charge in [0.05, 0.1) is 0 Å². The van der Waals surface area contributed by atoms with Crippen LogP contribution in [0.25, 0.3) is 0 Å². The maximum atomic E-state index is 2.38. The molecule has 0 N–H and O–H groups in total. The molecule has 1 unspecified atom stereocenters. The fourth-order valence-electron chi connectivity index (χ4n) is 1.33. The number of hydrogen-bond donors (Lipinski definition) is 0. The van der Waals surface area contributed by atoms with Crippen molar-refractivity contribution < 1.29 is 0 Å². The second kappa shape index (κ2) is 7.35. The van der Waals surface area contributed by atoms with Crippen LogP contribution < -0.4 is 0 Å². The molecule has 2 heteroatoms. The lowest BCUT2D eigenvalue weighted by molar-refractivity contribution is 0.495. The topological polar surface area (TPSA) is 0 Å². The Bertz CT molecular complexity index is 83.6. The predicted octanol–water partition coefficient (Wildman–Crippen LogP) is 4.21. The zero-order valence-electron chi connectivity index (χ0n) is 8.09. The Labute approximate surface area is 79.3 Å². The number of hydrogen-bond acceptors (Lipinski definition) is 2. The Balaban J connectivity index is 3.61. The first-order chi connectivity index (χ1) is 5.26. The smallest absolute Gasteiger partial charge is 0.0174 e. The van der Waals surface area contributed by atoms with Gasteiger partial charge in [0, 0.05) is 5.25 Å². The van der Waals surface area contributed by atoms with Crippen molar-refractivity contribution in [3.8, 4) is 0 Å². The van der Waals surface area contributed by atoms with Crippen molar-refractivity contribution in [3.05, 3.63) is 0 Å². The normalized spacial score (nSPS) is 16.4. The van der Waals surface area contributed by atoms with Crippen molar-refractivity contribution >= 4 is 21.6 Å². The van der Waals surface area contributed by atoms with Gasteiger partial charge >= 0.3 is 0 Å². The lowest BCUT2D eigenvalue weighted by Crippen LogP contribution is -2.11. The van der Waals surface area contributed by atoms with Gasteiger partial charge in [-0.2, -0.15) is 0 Å². The van der Waals surface area contributed by atoms with Crippen LogP contribution in [0.1, 0.15) is 40.0 Å². The van der Waals surface area contributed by atoms with Gasteiger partial charge in [-0.25, -0.2) is 0 Å². The zero-order valence-corrected chi connectivity index (χ0v) is 9.73. The molecule has 11 heavy (non-hydrogen) atoms. The summed E-state index contributed by atoms with van der Waals surface area (Å²) in [7, 11) is 3.95. The maximum Gasteiger partial charge on any atom is 0.0174 e. The van der Waals surface area contributed by atoms with Crippen LogP contribution in [0.15, 0.2) is 0 Å². The monoisotopic (exact) mass is 192 g/mol. The Morgan fingerprint density at radius 3 is 2.27 bits per heavy atom. The van der Waals surface area contributed by atoms with Crippen LogP contribution in [0.5, 0.6) is 0 Å². The van der Waals surface area contributed by atoms with Crippen LogP contribution in [-0.2, 0) is 0 Å². The van der Waals surface area contributed by atoms with Gasteiger partial charge in [-0.3, -0.25) is 0 Å². The summed E-state index contributed by atoms with van der Waals surface area (Å²) in [6.07, 6.45) is 6.19. The molecule has 0 rings (SSSR count). The molecule has 0 spiro atoms. The second-order valence-electron chi connectivity index (χ2n) is 2.98. The molecule has 0 aliphatic heterocycles. The van der Waals surface area contributed by atoms with Crippen molar-refractivity contribution in [3.63, 3.8) is 0 Å². The molecule has 0 nitrogen and oxygen atoms in total. The molecule has 0 saturated heterocycles. The molecule has 0 saturated carbocycles. The standard InChI is InChI=1S/C9H20S2/c1-5-7-8(3)9(6-2)11-10-4/h8-9H,5-7H2,1-4H3/t8?,9-/m1/s1. The summed E-state index contributed by atoms with van der Waals surface area (Å²) >= 11 is 0. The first-order valence-corrected chi connectivity index (χ1v) is 7.07. The molecule has 0 aliphatic carbocycles. The molecule has 2 atom stereocenters. The van der Waals surface area contributed by atoms with Gasteiger partial charge in [0.1, 0.15) is 0 Å². The molecule has 0 aromatic heterocycles. The minimum Gasteiger partial charge on any atom is -0.0973 e. The lowest BCUT2D eigenvalue weighted by Gasteiger charge is -2.20. The molecule has 0 aliphatic rings. The highest BCUT2D eigenvalue weighted by atomic mass is 33.1. The molecular weight excluding hydrogens is 172 g/mol. The lowest BCUT2D eigenvalue weighted by atomic mass is 10.0. The molecule has 0 bridgehead atoms. The van der Waals surface area contributed by atoms with Crippen molar-refractivity contribution in [2.75, 3.05) is 6.26 Å². The molecule has 0 amide bonds. The van der Waals surface area contributed by atoms with Gasteiger partial charge in [-0.05, 0) is 25.0 Å². The van der Waals surface area contributed by atoms with E-state index in [4.69, 9.17) is 0 Å². The van der Waals surface area contributed by atoms with Crippen LogP contribution in [0, 0.1) is 5.92 Å².